The second-order valence-electron chi connectivity index (χ2n) is 4.50. The minimum Gasteiger partial charge on any atom is -0.334 e. The Morgan fingerprint density at radius 2 is 2.29 bits per heavy atom. The van der Waals surface area contributed by atoms with Crippen LogP contribution in [0.25, 0.3) is 11.0 Å². The Morgan fingerprint density at radius 3 is 3.00 bits per heavy atom. The van der Waals surface area contributed by atoms with Crippen molar-refractivity contribution >= 4 is 22.6 Å². The summed E-state index contributed by atoms with van der Waals surface area (Å²) in [7, 11) is 1.95. The van der Waals surface area contributed by atoms with Crippen molar-refractivity contribution in [2.24, 2.45) is 12.8 Å². The van der Waals surface area contributed by atoms with Gasteiger partial charge in [-0.05, 0) is 18.2 Å². The van der Waals surface area contributed by atoms with Gasteiger partial charge in [-0.25, -0.2) is 4.98 Å². The lowest BCUT2D eigenvalue weighted by molar-refractivity contribution is -0.117. The number of rotatable bonds is 1. The van der Waals surface area contributed by atoms with E-state index in [1.807, 2.05) is 29.8 Å². The van der Waals surface area contributed by atoms with Crippen LogP contribution in [0.2, 0.25) is 0 Å². The Morgan fingerprint density at radius 1 is 1.47 bits per heavy atom. The van der Waals surface area contributed by atoms with E-state index in [9.17, 15) is 4.79 Å². The van der Waals surface area contributed by atoms with Gasteiger partial charge in [0.25, 0.3) is 0 Å². The van der Waals surface area contributed by atoms with Crippen LogP contribution in [0.3, 0.4) is 0 Å². The minimum atomic E-state index is -0.0538. The van der Waals surface area contributed by atoms with Gasteiger partial charge in [0, 0.05) is 31.7 Å². The summed E-state index contributed by atoms with van der Waals surface area (Å²) in [6.07, 6.45) is 2.20. The number of aromatic nitrogens is 2. The van der Waals surface area contributed by atoms with Crippen molar-refractivity contribution in [1.82, 2.24) is 9.55 Å². The van der Waals surface area contributed by atoms with E-state index in [4.69, 9.17) is 5.73 Å². The number of anilines is 1. The molecule has 1 aromatic heterocycles. The first-order valence-electron chi connectivity index (χ1n) is 5.62. The highest BCUT2D eigenvalue weighted by Crippen LogP contribution is 2.24. The molecule has 17 heavy (non-hydrogen) atoms. The average Bonchev–Trinajstić information content (AvgIpc) is 2.82. The van der Waals surface area contributed by atoms with Crippen molar-refractivity contribution in [3.05, 3.63) is 24.5 Å². The summed E-state index contributed by atoms with van der Waals surface area (Å²) < 4.78 is 1.96. The van der Waals surface area contributed by atoms with Crippen LogP contribution in [0.4, 0.5) is 5.69 Å². The molecular formula is C12H14N4O. The monoisotopic (exact) mass is 230 g/mol. The summed E-state index contributed by atoms with van der Waals surface area (Å²) >= 11 is 0. The molecule has 0 saturated carbocycles. The largest absolute Gasteiger partial charge is 0.334 e. The molecule has 0 spiro atoms. The Balaban J connectivity index is 2.03. The molecule has 0 aliphatic carbocycles. The van der Waals surface area contributed by atoms with E-state index in [1.165, 1.54) is 0 Å². The molecule has 1 amide bonds. The molecule has 1 aromatic carbocycles. The van der Waals surface area contributed by atoms with Crippen molar-refractivity contribution in [2.45, 2.75) is 12.5 Å². The number of imidazole rings is 1. The highest BCUT2D eigenvalue weighted by molar-refractivity contribution is 5.97. The lowest BCUT2D eigenvalue weighted by Gasteiger charge is -2.15. The standard InChI is InChI=1S/C12H14N4O/c1-15-7-14-10-5-9(2-3-11(10)15)16-6-8(13)4-12(16)17/h2-3,5,7-8H,4,6,13H2,1H3. The fraction of sp³-hybridized carbons (Fsp3) is 0.333. The zero-order valence-corrected chi connectivity index (χ0v) is 9.63. The fourth-order valence-electron chi connectivity index (χ4n) is 2.28. The topological polar surface area (TPSA) is 64.2 Å². The molecule has 0 bridgehead atoms. The van der Waals surface area contributed by atoms with E-state index in [2.05, 4.69) is 4.98 Å². The third-order valence-electron chi connectivity index (χ3n) is 3.18. The van der Waals surface area contributed by atoms with Gasteiger partial charge in [-0.15, -0.1) is 0 Å². The Labute approximate surface area is 98.8 Å². The summed E-state index contributed by atoms with van der Waals surface area (Å²) in [5.74, 6) is 0.0905. The van der Waals surface area contributed by atoms with Gasteiger partial charge in [0.05, 0.1) is 17.4 Å². The number of fused-ring (bicyclic) bond motifs is 1. The number of benzene rings is 1. The van der Waals surface area contributed by atoms with Gasteiger partial charge in [-0.3, -0.25) is 4.79 Å². The van der Waals surface area contributed by atoms with Gasteiger partial charge in [0.15, 0.2) is 0 Å². The Bertz CT molecular complexity index is 589. The molecule has 5 heteroatoms. The molecule has 1 aliphatic heterocycles. The predicted octanol–water partition coefficient (Wildman–Crippen LogP) is 0.637. The molecule has 1 aliphatic rings. The number of aryl methyl sites for hydroxylation is 1. The van der Waals surface area contributed by atoms with Crippen molar-refractivity contribution in [1.29, 1.82) is 0 Å². The van der Waals surface area contributed by atoms with E-state index in [1.54, 1.807) is 11.2 Å². The van der Waals surface area contributed by atoms with Gasteiger partial charge in [0.2, 0.25) is 5.91 Å². The molecule has 5 nitrogen and oxygen atoms in total. The molecule has 0 radical (unpaired) electrons. The molecule has 2 aromatic rings. The van der Waals surface area contributed by atoms with Crippen molar-refractivity contribution < 1.29 is 4.79 Å². The average molecular weight is 230 g/mol. The Kier molecular flexibility index (Phi) is 2.16. The highest BCUT2D eigenvalue weighted by atomic mass is 16.2. The quantitative estimate of drug-likeness (QED) is 0.781. The number of amides is 1. The lowest BCUT2D eigenvalue weighted by Crippen LogP contribution is -2.27. The number of nitrogens with zero attached hydrogens (tertiary/aromatic N) is 3. The summed E-state index contributed by atoms with van der Waals surface area (Å²) in [6.45, 7) is 0.594. The second kappa shape index (κ2) is 3.56. The first kappa shape index (κ1) is 10.3. The summed E-state index contributed by atoms with van der Waals surface area (Å²) in [5, 5.41) is 0. The maximum atomic E-state index is 11.7. The smallest absolute Gasteiger partial charge is 0.228 e. The number of hydrogen-bond donors (Lipinski definition) is 1. The lowest BCUT2D eigenvalue weighted by atomic mass is 10.2. The maximum Gasteiger partial charge on any atom is 0.228 e. The third-order valence-corrected chi connectivity index (χ3v) is 3.18. The van der Waals surface area contributed by atoms with Crippen molar-refractivity contribution in [3.63, 3.8) is 0 Å². The van der Waals surface area contributed by atoms with E-state index in [0.717, 1.165) is 16.7 Å². The summed E-state index contributed by atoms with van der Waals surface area (Å²) in [6, 6.07) is 5.81. The molecule has 2 N–H and O–H groups in total. The maximum absolute atomic E-state index is 11.7. The van der Waals surface area contributed by atoms with Crippen LogP contribution < -0.4 is 10.6 Å². The van der Waals surface area contributed by atoms with E-state index >= 15 is 0 Å². The van der Waals surface area contributed by atoms with E-state index < -0.39 is 0 Å². The van der Waals surface area contributed by atoms with Crippen LogP contribution in [0.5, 0.6) is 0 Å². The van der Waals surface area contributed by atoms with Gasteiger partial charge >= 0.3 is 0 Å². The zero-order valence-electron chi connectivity index (χ0n) is 9.63. The number of nitrogens with two attached hydrogens (primary N) is 1. The summed E-state index contributed by atoms with van der Waals surface area (Å²) in [4.78, 5) is 17.8. The molecule has 1 saturated heterocycles. The van der Waals surface area contributed by atoms with Crippen LogP contribution in [0.1, 0.15) is 6.42 Å². The molecule has 3 rings (SSSR count). The van der Waals surface area contributed by atoms with Gasteiger partial charge < -0.3 is 15.2 Å². The van der Waals surface area contributed by atoms with Crippen LogP contribution in [0, 0.1) is 0 Å². The van der Waals surface area contributed by atoms with Crippen LogP contribution >= 0.6 is 0 Å². The fourth-order valence-corrected chi connectivity index (χ4v) is 2.28. The van der Waals surface area contributed by atoms with Crippen molar-refractivity contribution in [2.75, 3.05) is 11.4 Å². The molecular weight excluding hydrogens is 216 g/mol. The van der Waals surface area contributed by atoms with E-state index in [-0.39, 0.29) is 11.9 Å². The SMILES string of the molecule is Cn1cnc2cc(N3CC(N)CC3=O)ccc21. The first-order chi connectivity index (χ1) is 8.15. The van der Waals surface area contributed by atoms with Crippen molar-refractivity contribution in [3.8, 4) is 0 Å². The molecule has 2 heterocycles. The molecule has 1 fully saturated rings. The Hall–Kier alpha value is -1.88. The molecule has 1 atom stereocenters. The van der Waals surface area contributed by atoms with Gasteiger partial charge in [-0.1, -0.05) is 0 Å². The van der Waals surface area contributed by atoms with Gasteiger partial charge in [0.1, 0.15) is 0 Å². The van der Waals surface area contributed by atoms with Gasteiger partial charge in [-0.2, -0.15) is 0 Å². The molecule has 88 valence electrons. The number of carbonyl (C=O) groups excluding carboxylic acids is 1. The number of hydrogen-bond acceptors (Lipinski definition) is 3. The van der Waals surface area contributed by atoms with Crippen LogP contribution in [-0.4, -0.2) is 28.0 Å². The van der Waals surface area contributed by atoms with Crippen LogP contribution in [0.15, 0.2) is 24.5 Å². The third kappa shape index (κ3) is 1.59. The van der Waals surface area contributed by atoms with E-state index in [0.29, 0.717) is 13.0 Å². The number of carbonyl (C=O) groups is 1. The second-order valence-corrected chi connectivity index (χ2v) is 4.50. The summed E-state index contributed by atoms with van der Waals surface area (Å²) in [5.41, 5.74) is 8.63. The first-order valence-corrected chi connectivity index (χ1v) is 5.62. The highest BCUT2D eigenvalue weighted by Gasteiger charge is 2.28. The normalized spacial score (nSPS) is 20.5. The van der Waals surface area contributed by atoms with Crippen LogP contribution in [-0.2, 0) is 11.8 Å². The molecule has 1 unspecified atom stereocenters. The predicted molar refractivity (Wildman–Crippen MR) is 65.7 cm³/mol. The minimum absolute atomic E-state index is 0.0538. The zero-order chi connectivity index (χ0) is 12.0.